The molecule has 0 saturated heterocycles. The number of benzene rings is 3. The van der Waals surface area contributed by atoms with Crippen LogP contribution in [0.15, 0.2) is 54.6 Å². The first kappa shape index (κ1) is 31.4. The quantitative estimate of drug-likeness (QED) is 0.200. The molecule has 0 spiro atoms. The summed E-state index contributed by atoms with van der Waals surface area (Å²) < 4.78 is 48.3. The molecule has 12 nitrogen and oxygen atoms in total. The molecule has 0 aliphatic heterocycles. The van der Waals surface area contributed by atoms with E-state index < -0.39 is 37.2 Å². The van der Waals surface area contributed by atoms with Gasteiger partial charge in [-0.1, -0.05) is 18.2 Å². The molecule has 0 unspecified atom stereocenters. The van der Waals surface area contributed by atoms with Crippen LogP contribution in [0.2, 0.25) is 0 Å². The third-order valence-corrected chi connectivity index (χ3v) is 5.97. The highest BCUT2D eigenvalue weighted by Gasteiger charge is 2.28. The van der Waals surface area contributed by atoms with Crippen molar-refractivity contribution in [1.29, 1.82) is 0 Å². The van der Waals surface area contributed by atoms with Crippen LogP contribution in [0.1, 0.15) is 31.1 Å². The van der Waals surface area contributed by atoms with E-state index >= 15 is 0 Å². The van der Waals surface area contributed by atoms with E-state index in [1.807, 2.05) is 0 Å². The van der Waals surface area contributed by atoms with E-state index in [0.29, 0.717) is 0 Å². The predicted octanol–water partition coefficient (Wildman–Crippen LogP) is 3.98. The summed E-state index contributed by atoms with van der Waals surface area (Å²) >= 11 is 0. The van der Waals surface area contributed by atoms with Crippen molar-refractivity contribution in [1.82, 2.24) is 0 Å². The molecule has 3 rings (SSSR count). The Bertz CT molecular complexity index is 1260. The van der Waals surface area contributed by atoms with Crippen molar-refractivity contribution in [3.05, 3.63) is 71.3 Å². The standard InChI is InChI=1S/C30H32O12/c1-34-19-10-7-11-20(35-2)25(19)28(31)40-16-18(42-30(33)27-23(38-5)14-9-15-24(27)39-6)17-41-29(32)26-21(36-3)12-8-13-22(26)37-4/h7-15,18H,16-17H2,1-6H3. The first-order valence-corrected chi connectivity index (χ1v) is 12.5. The Morgan fingerprint density at radius 3 is 1.00 bits per heavy atom. The maximum Gasteiger partial charge on any atom is 0.346 e. The molecular formula is C30H32O12. The van der Waals surface area contributed by atoms with Gasteiger partial charge >= 0.3 is 17.9 Å². The number of carbonyl (C=O) groups is 3. The first-order valence-electron chi connectivity index (χ1n) is 12.5. The zero-order chi connectivity index (χ0) is 30.6. The maximum absolute atomic E-state index is 13.3. The van der Waals surface area contributed by atoms with Gasteiger partial charge in [-0.15, -0.1) is 0 Å². The van der Waals surface area contributed by atoms with Crippen LogP contribution in [0.25, 0.3) is 0 Å². The lowest BCUT2D eigenvalue weighted by atomic mass is 10.1. The van der Waals surface area contributed by atoms with Gasteiger partial charge in [0.1, 0.15) is 64.4 Å². The number of ether oxygens (including phenoxy) is 9. The summed E-state index contributed by atoms with van der Waals surface area (Å²) in [7, 11) is 8.33. The van der Waals surface area contributed by atoms with Crippen molar-refractivity contribution in [3.63, 3.8) is 0 Å². The van der Waals surface area contributed by atoms with Crippen molar-refractivity contribution in [2.45, 2.75) is 6.10 Å². The lowest BCUT2D eigenvalue weighted by Crippen LogP contribution is -2.31. The average molecular weight is 585 g/mol. The van der Waals surface area contributed by atoms with Gasteiger partial charge in [-0.2, -0.15) is 0 Å². The molecule has 0 aromatic heterocycles. The van der Waals surface area contributed by atoms with Crippen molar-refractivity contribution >= 4 is 17.9 Å². The summed E-state index contributed by atoms with van der Waals surface area (Å²) in [6, 6.07) is 14.3. The number of carbonyl (C=O) groups excluding carboxylic acids is 3. The minimum absolute atomic E-state index is 0.0112. The van der Waals surface area contributed by atoms with Gasteiger partial charge in [-0.3, -0.25) is 0 Å². The van der Waals surface area contributed by atoms with E-state index in [1.54, 1.807) is 54.6 Å². The smallest absolute Gasteiger partial charge is 0.346 e. The van der Waals surface area contributed by atoms with Crippen LogP contribution in [0.3, 0.4) is 0 Å². The lowest BCUT2D eigenvalue weighted by Gasteiger charge is -2.21. The Kier molecular flexibility index (Phi) is 11.2. The number of methoxy groups -OCH3 is 6. The molecule has 0 aliphatic carbocycles. The molecule has 0 bridgehead atoms. The lowest BCUT2D eigenvalue weighted by molar-refractivity contribution is -0.0259. The zero-order valence-corrected chi connectivity index (χ0v) is 24.1. The molecule has 3 aromatic rings. The van der Waals surface area contributed by atoms with E-state index in [0.717, 1.165) is 0 Å². The van der Waals surface area contributed by atoms with Crippen molar-refractivity contribution in [2.24, 2.45) is 0 Å². The molecule has 224 valence electrons. The zero-order valence-electron chi connectivity index (χ0n) is 24.1. The van der Waals surface area contributed by atoms with Gasteiger partial charge < -0.3 is 42.6 Å². The molecule has 0 saturated carbocycles. The summed E-state index contributed by atoms with van der Waals surface area (Å²) in [6.07, 6.45) is -1.26. The third-order valence-electron chi connectivity index (χ3n) is 5.97. The van der Waals surface area contributed by atoms with Gasteiger partial charge in [0.25, 0.3) is 0 Å². The fourth-order valence-corrected chi connectivity index (χ4v) is 3.97. The van der Waals surface area contributed by atoms with Gasteiger partial charge in [0.2, 0.25) is 0 Å². The SMILES string of the molecule is COc1cccc(OC)c1C(=O)OCC(COC(=O)c1c(OC)cccc1OC)OC(=O)c1c(OC)cccc1OC. The molecule has 0 fully saturated rings. The average Bonchev–Trinajstić information content (AvgIpc) is 3.03. The van der Waals surface area contributed by atoms with E-state index in [9.17, 15) is 14.4 Å². The van der Waals surface area contributed by atoms with E-state index in [4.69, 9.17) is 42.6 Å². The van der Waals surface area contributed by atoms with Crippen molar-refractivity contribution in [3.8, 4) is 34.5 Å². The molecule has 0 atom stereocenters. The van der Waals surface area contributed by atoms with Crippen molar-refractivity contribution in [2.75, 3.05) is 55.9 Å². The van der Waals surface area contributed by atoms with E-state index in [2.05, 4.69) is 0 Å². The van der Waals surface area contributed by atoms with E-state index in [1.165, 1.54) is 42.7 Å². The second-order valence-electron chi connectivity index (χ2n) is 8.34. The largest absolute Gasteiger partial charge is 0.496 e. The van der Waals surface area contributed by atoms with Gasteiger partial charge in [0.15, 0.2) is 6.10 Å². The highest BCUT2D eigenvalue weighted by Crippen LogP contribution is 2.32. The summed E-state index contributed by atoms with van der Waals surface area (Å²) in [5.41, 5.74) is 0.0346. The summed E-state index contributed by atoms with van der Waals surface area (Å²) in [5.74, 6) is -1.30. The van der Waals surface area contributed by atoms with Gasteiger partial charge in [0, 0.05) is 0 Å². The van der Waals surface area contributed by atoms with Gasteiger partial charge in [-0.25, -0.2) is 14.4 Å². The molecule has 12 heteroatoms. The Hall–Kier alpha value is -5.13. The Morgan fingerprint density at radius 2 is 0.738 bits per heavy atom. The minimum Gasteiger partial charge on any atom is -0.496 e. The normalized spacial score (nSPS) is 10.4. The van der Waals surface area contributed by atoms with Crippen LogP contribution in [0.4, 0.5) is 0 Å². The van der Waals surface area contributed by atoms with Crippen LogP contribution in [0, 0.1) is 0 Å². The first-order chi connectivity index (χ1) is 20.3. The number of hydrogen-bond acceptors (Lipinski definition) is 12. The van der Waals surface area contributed by atoms with Crippen LogP contribution in [-0.4, -0.2) is 79.9 Å². The van der Waals surface area contributed by atoms with Crippen LogP contribution in [0.5, 0.6) is 34.5 Å². The number of esters is 3. The molecule has 0 amide bonds. The Balaban J connectivity index is 1.88. The molecule has 0 radical (unpaired) electrons. The second-order valence-corrected chi connectivity index (χ2v) is 8.34. The summed E-state index contributed by atoms with van der Waals surface area (Å²) in [6.45, 7) is -1.00. The van der Waals surface area contributed by atoms with Crippen molar-refractivity contribution < 1.29 is 57.0 Å². The number of hydrogen-bond donors (Lipinski definition) is 0. The van der Waals surface area contributed by atoms with Crippen LogP contribution < -0.4 is 28.4 Å². The highest BCUT2D eigenvalue weighted by molar-refractivity contribution is 5.97. The van der Waals surface area contributed by atoms with Crippen LogP contribution in [-0.2, 0) is 14.2 Å². The number of rotatable bonds is 14. The molecule has 3 aromatic carbocycles. The monoisotopic (exact) mass is 584 g/mol. The van der Waals surface area contributed by atoms with Gasteiger partial charge in [-0.05, 0) is 36.4 Å². The van der Waals surface area contributed by atoms with Crippen LogP contribution >= 0.6 is 0 Å². The fourth-order valence-electron chi connectivity index (χ4n) is 3.97. The molecule has 0 aliphatic rings. The topological polar surface area (TPSA) is 134 Å². The fraction of sp³-hybridized carbons (Fsp3) is 0.300. The maximum atomic E-state index is 13.3. The third kappa shape index (κ3) is 7.14. The highest BCUT2D eigenvalue weighted by atomic mass is 16.6. The molecule has 0 N–H and O–H groups in total. The summed E-state index contributed by atoms with van der Waals surface area (Å²) in [4.78, 5) is 39.5. The predicted molar refractivity (Wildman–Crippen MR) is 148 cm³/mol. The second kappa shape index (κ2) is 15.0. The Morgan fingerprint density at radius 1 is 0.476 bits per heavy atom. The van der Waals surface area contributed by atoms with E-state index in [-0.39, 0.29) is 51.2 Å². The Labute approximate surface area is 242 Å². The minimum atomic E-state index is -1.26. The molecule has 42 heavy (non-hydrogen) atoms. The molecular weight excluding hydrogens is 552 g/mol. The van der Waals surface area contributed by atoms with Gasteiger partial charge in [0.05, 0.1) is 42.7 Å². The summed E-state index contributed by atoms with van der Waals surface area (Å²) in [5, 5.41) is 0. The molecule has 0 heterocycles.